The highest BCUT2D eigenvalue weighted by atomic mass is 16.5. The van der Waals surface area contributed by atoms with Crippen LogP contribution in [0.5, 0.6) is 11.8 Å². The molecule has 0 aliphatic carbocycles. The van der Waals surface area contributed by atoms with Crippen molar-refractivity contribution in [3.63, 3.8) is 0 Å². The van der Waals surface area contributed by atoms with Crippen molar-refractivity contribution >= 4 is 0 Å². The summed E-state index contributed by atoms with van der Waals surface area (Å²) < 4.78 is 7.20. The van der Waals surface area contributed by atoms with E-state index in [1.54, 1.807) is 0 Å². The number of hydrogen-bond donors (Lipinski definition) is 2. The van der Waals surface area contributed by atoms with Crippen LogP contribution in [0.3, 0.4) is 0 Å². The summed E-state index contributed by atoms with van der Waals surface area (Å²) in [5, 5.41) is 10.0. The standard InChI is InChI=1S/C26H42N2O3/c1-2-3-4-5-6-7-8-9-10-11-12-13-14-18-21-31-25-24(29)27-26(30)28(25)22-23-19-16-15-17-20-23/h15-17,19-20,29H,2-14,18,21-22H2,1H3,(H,27,30). The van der Waals surface area contributed by atoms with Crippen LogP contribution in [0.4, 0.5) is 0 Å². The Kier molecular flexibility index (Phi) is 12.6. The summed E-state index contributed by atoms with van der Waals surface area (Å²) in [6.07, 6.45) is 18.4. The number of aromatic amines is 1. The predicted octanol–water partition coefficient (Wildman–Crippen LogP) is 6.79. The molecule has 0 amide bonds. The molecule has 1 aromatic carbocycles. The van der Waals surface area contributed by atoms with Gasteiger partial charge in [0, 0.05) is 0 Å². The summed E-state index contributed by atoms with van der Waals surface area (Å²) in [7, 11) is 0. The SMILES string of the molecule is CCCCCCCCCCCCCCCCOc1c(O)[nH]c(=O)n1Cc1ccccc1. The third-order valence-corrected chi connectivity index (χ3v) is 5.84. The van der Waals surface area contributed by atoms with E-state index in [4.69, 9.17) is 4.74 Å². The molecule has 0 aliphatic rings. The molecule has 5 nitrogen and oxygen atoms in total. The molecule has 0 atom stereocenters. The normalized spacial score (nSPS) is 11.1. The number of nitrogens with zero attached hydrogens (tertiary/aromatic N) is 1. The number of ether oxygens (including phenoxy) is 1. The largest absolute Gasteiger partial charge is 0.491 e. The van der Waals surface area contributed by atoms with E-state index < -0.39 is 0 Å². The van der Waals surface area contributed by atoms with Crippen LogP contribution in [0.25, 0.3) is 0 Å². The molecule has 174 valence electrons. The number of H-pyrrole nitrogens is 1. The Morgan fingerprint density at radius 1 is 0.806 bits per heavy atom. The molecule has 2 aromatic rings. The average Bonchev–Trinajstić information content (AvgIpc) is 3.04. The first-order valence-corrected chi connectivity index (χ1v) is 12.4. The second kappa shape index (κ2) is 15.6. The fraction of sp³-hybridized carbons (Fsp3) is 0.654. The van der Waals surface area contributed by atoms with Gasteiger partial charge in [0.05, 0.1) is 13.2 Å². The van der Waals surface area contributed by atoms with Gasteiger partial charge in [-0.15, -0.1) is 0 Å². The molecule has 5 heteroatoms. The Morgan fingerprint density at radius 2 is 1.32 bits per heavy atom. The van der Waals surface area contributed by atoms with Crippen molar-refractivity contribution in [2.45, 2.75) is 103 Å². The van der Waals surface area contributed by atoms with Crippen LogP contribution in [-0.2, 0) is 6.54 Å². The zero-order valence-corrected chi connectivity index (χ0v) is 19.4. The van der Waals surface area contributed by atoms with Gasteiger partial charge in [-0.05, 0) is 12.0 Å². The molecule has 1 aromatic heterocycles. The maximum absolute atomic E-state index is 12.1. The van der Waals surface area contributed by atoms with Crippen LogP contribution >= 0.6 is 0 Å². The minimum absolute atomic E-state index is 0.189. The first-order valence-electron chi connectivity index (χ1n) is 12.4. The summed E-state index contributed by atoms with van der Waals surface area (Å²) in [5.41, 5.74) is 0.641. The van der Waals surface area contributed by atoms with E-state index in [0.29, 0.717) is 13.2 Å². The van der Waals surface area contributed by atoms with Crippen molar-refractivity contribution in [3.8, 4) is 11.8 Å². The van der Waals surface area contributed by atoms with E-state index >= 15 is 0 Å². The molecular formula is C26H42N2O3. The van der Waals surface area contributed by atoms with E-state index in [-0.39, 0.29) is 17.4 Å². The number of hydrogen-bond acceptors (Lipinski definition) is 3. The quantitative estimate of drug-likeness (QED) is 0.256. The van der Waals surface area contributed by atoms with Gasteiger partial charge in [0.15, 0.2) is 0 Å². The monoisotopic (exact) mass is 430 g/mol. The van der Waals surface area contributed by atoms with Gasteiger partial charge in [0.2, 0.25) is 0 Å². The minimum Gasteiger partial charge on any atom is -0.491 e. The van der Waals surface area contributed by atoms with Crippen molar-refractivity contribution in [3.05, 3.63) is 46.4 Å². The van der Waals surface area contributed by atoms with E-state index in [1.807, 2.05) is 30.3 Å². The maximum atomic E-state index is 12.1. The second-order valence-corrected chi connectivity index (χ2v) is 8.60. The topological polar surface area (TPSA) is 67.2 Å². The third kappa shape index (κ3) is 10.1. The zero-order valence-electron chi connectivity index (χ0n) is 19.4. The fourth-order valence-corrected chi connectivity index (χ4v) is 3.96. The second-order valence-electron chi connectivity index (χ2n) is 8.60. The summed E-state index contributed by atoms with van der Waals surface area (Å²) >= 11 is 0. The molecule has 0 radical (unpaired) electrons. The van der Waals surface area contributed by atoms with Gasteiger partial charge in [0.1, 0.15) is 0 Å². The van der Waals surface area contributed by atoms with Gasteiger partial charge in [-0.2, -0.15) is 0 Å². The van der Waals surface area contributed by atoms with Crippen molar-refractivity contribution < 1.29 is 9.84 Å². The van der Waals surface area contributed by atoms with Crippen LogP contribution in [0.2, 0.25) is 0 Å². The smallest absolute Gasteiger partial charge is 0.331 e. The van der Waals surface area contributed by atoms with Crippen molar-refractivity contribution in [2.75, 3.05) is 6.61 Å². The maximum Gasteiger partial charge on any atom is 0.331 e. The molecule has 0 saturated heterocycles. The van der Waals surface area contributed by atoms with Crippen molar-refractivity contribution in [1.29, 1.82) is 0 Å². The minimum atomic E-state index is -0.350. The molecule has 31 heavy (non-hydrogen) atoms. The Labute approximate surface area is 187 Å². The average molecular weight is 431 g/mol. The lowest BCUT2D eigenvalue weighted by Gasteiger charge is -2.09. The molecule has 0 saturated carbocycles. The molecule has 0 spiro atoms. The molecule has 0 fully saturated rings. The van der Waals surface area contributed by atoms with Crippen LogP contribution < -0.4 is 10.4 Å². The lowest BCUT2D eigenvalue weighted by molar-refractivity contribution is 0.265. The Morgan fingerprint density at radius 3 is 1.87 bits per heavy atom. The number of aromatic nitrogens is 2. The van der Waals surface area contributed by atoms with Crippen LogP contribution in [0, 0.1) is 0 Å². The molecule has 1 heterocycles. The number of imidazole rings is 1. The summed E-state index contributed by atoms with van der Waals surface area (Å²) in [5.74, 6) is 0.0508. The molecular weight excluding hydrogens is 388 g/mol. The summed E-state index contributed by atoms with van der Waals surface area (Å²) in [6.45, 7) is 3.16. The van der Waals surface area contributed by atoms with Crippen LogP contribution in [0.1, 0.15) is 102 Å². The van der Waals surface area contributed by atoms with E-state index in [0.717, 1.165) is 18.4 Å². The molecule has 0 aliphatic heterocycles. The molecule has 0 unspecified atom stereocenters. The lowest BCUT2D eigenvalue weighted by atomic mass is 10.0. The Balaban J connectivity index is 1.51. The summed E-state index contributed by atoms with van der Waals surface area (Å²) in [4.78, 5) is 14.5. The summed E-state index contributed by atoms with van der Waals surface area (Å²) in [6, 6.07) is 9.71. The molecule has 2 N–H and O–H groups in total. The number of benzene rings is 1. The fourth-order valence-electron chi connectivity index (χ4n) is 3.96. The highest BCUT2D eigenvalue weighted by Crippen LogP contribution is 2.23. The van der Waals surface area contributed by atoms with Gasteiger partial charge in [-0.1, -0.05) is 121 Å². The van der Waals surface area contributed by atoms with Gasteiger partial charge < -0.3 is 9.84 Å². The van der Waals surface area contributed by atoms with Crippen molar-refractivity contribution in [1.82, 2.24) is 9.55 Å². The number of aromatic hydroxyl groups is 1. The Hall–Kier alpha value is -2.17. The van der Waals surface area contributed by atoms with Crippen molar-refractivity contribution in [2.24, 2.45) is 0 Å². The van der Waals surface area contributed by atoms with Gasteiger partial charge in [-0.25, -0.2) is 4.79 Å². The first-order chi connectivity index (χ1) is 15.2. The van der Waals surface area contributed by atoms with Gasteiger partial charge >= 0.3 is 5.69 Å². The number of unbranched alkanes of at least 4 members (excludes halogenated alkanes) is 13. The zero-order chi connectivity index (χ0) is 22.2. The Bertz CT molecular complexity index is 752. The van der Waals surface area contributed by atoms with Gasteiger partial charge in [0.25, 0.3) is 11.8 Å². The highest BCUT2D eigenvalue weighted by Gasteiger charge is 2.15. The van der Waals surface area contributed by atoms with Crippen LogP contribution in [0.15, 0.2) is 35.1 Å². The third-order valence-electron chi connectivity index (χ3n) is 5.84. The molecule has 2 rings (SSSR count). The molecule has 0 bridgehead atoms. The van der Waals surface area contributed by atoms with E-state index in [9.17, 15) is 9.90 Å². The highest BCUT2D eigenvalue weighted by molar-refractivity contribution is 5.27. The predicted molar refractivity (Wildman–Crippen MR) is 128 cm³/mol. The number of rotatable bonds is 18. The van der Waals surface area contributed by atoms with Crippen LogP contribution in [-0.4, -0.2) is 21.3 Å². The van der Waals surface area contributed by atoms with E-state index in [1.165, 1.54) is 81.6 Å². The lowest BCUT2D eigenvalue weighted by Crippen LogP contribution is -2.19. The van der Waals surface area contributed by atoms with E-state index in [2.05, 4.69) is 11.9 Å². The first kappa shape index (κ1) is 25.1. The van der Waals surface area contributed by atoms with Gasteiger partial charge in [-0.3, -0.25) is 9.55 Å². The number of nitrogens with one attached hydrogen (secondary N) is 1.